The number of alkyl halides is 3. The lowest BCUT2D eigenvalue weighted by Crippen LogP contribution is -2.40. The van der Waals surface area contributed by atoms with Gasteiger partial charge in [0.1, 0.15) is 5.69 Å². The Balaban J connectivity index is 1.79. The number of benzene rings is 2. The lowest BCUT2D eigenvalue weighted by molar-refractivity contribution is -0.384. The minimum absolute atomic E-state index is 0.0749. The van der Waals surface area contributed by atoms with E-state index < -0.39 is 32.4 Å². The van der Waals surface area contributed by atoms with E-state index in [1.165, 1.54) is 34.8 Å². The van der Waals surface area contributed by atoms with Gasteiger partial charge in [0.25, 0.3) is 5.69 Å². The first-order chi connectivity index (χ1) is 14.6. The summed E-state index contributed by atoms with van der Waals surface area (Å²) in [6.07, 6.45) is -3.28. The van der Waals surface area contributed by atoms with Crippen LogP contribution in [0.4, 0.5) is 24.5 Å². The fourth-order valence-electron chi connectivity index (χ4n) is 2.79. The van der Waals surface area contributed by atoms with Crippen molar-refractivity contribution in [1.82, 2.24) is 4.31 Å². The average Bonchev–Trinajstić information content (AvgIpc) is 2.74. The molecule has 1 aliphatic rings. The van der Waals surface area contributed by atoms with Crippen molar-refractivity contribution in [1.29, 1.82) is 0 Å². The van der Waals surface area contributed by atoms with E-state index in [9.17, 15) is 31.7 Å². The maximum Gasteiger partial charge on any atom is 0.416 e. The summed E-state index contributed by atoms with van der Waals surface area (Å²) in [6.45, 7) is 0.764. The molecule has 3 rings (SSSR count). The number of nitro benzene ring substituents is 1. The van der Waals surface area contributed by atoms with Crippen LogP contribution in [0.1, 0.15) is 11.1 Å². The third kappa shape index (κ3) is 5.37. The first kappa shape index (κ1) is 22.7. The van der Waals surface area contributed by atoms with Crippen molar-refractivity contribution in [3.8, 4) is 0 Å². The number of anilines is 1. The van der Waals surface area contributed by atoms with E-state index in [2.05, 4.69) is 10.5 Å². The van der Waals surface area contributed by atoms with E-state index in [1.807, 2.05) is 0 Å². The van der Waals surface area contributed by atoms with Gasteiger partial charge in [-0.1, -0.05) is 12.1 Å². The Morgan fingerprint density at radius 1 is 1.13 bits per heavy atom. The molecule has 166 valence electrons. The summed E-state index contributed by atoms with van der Waals surface area (Å²) < 4.78 is 69.4. The van der Waals surface area contributed by atoms with E-state index in [0.717, 1.165) is 18.2 Å². The highest BCUT2D eigenvalue weighted by Gasteiger charge is 2.30. The topological polar surface area (TPSA) is 114 Å². The molecule has 0 saturated carbocycles. The molecule has 0 unspecified atom stereocenters. The summed E-state index contributed by atoms with van der Waals surface area (Å²) in [7, 11) is -3.92. The number of nitrogens with one attached hydrogen (secondary N) is 1. The number of rotatable bonds is 6. The second-order valence-corrected chi connectivity index (χ2v) is 8.38. The first-order valence-corrected chi connectivity index (χ1v) is 10.4. The fraction of sp³-hybridized carbons (Fsp3) is 0.278. The molecular formula is C18H17F3N4O5S. The van der Waals surface area contributed by atoms with E-state index in [4.69, 9.17) is 4.74 Å². The predicted molar refractivity (Wildman–Crippen MR) is 105 cm³/mol. The number of halogens is 3. The number of ether oxygens (including phenoxy) is 1. The van der Waals surface area contributed by atoms with Crippen LogP contribution in [0.2, 0.25) is 0 Å². The third-order valence-corrected chi connectivity index (χ3v) is 6.30. The van der Waals surface area contributed by atoms with E-state index >= 15 is 0 Å². The van der Waals surface area contributed by atoms with Crippen LogP contribution in [0.3, 0.4) is 0 Å². The summed E-state index contributed by atoms with van der Waals surface area (Å²) in [5.74, 6) is 0. The molecule has 1 aliphatic heterocycles. The molecule has 0 spiro atoms. The largest absolute Gasteiger partial charge is 0.416 e. The molecule has 31 heavy (non-hydrogen) atoms. The van der Waals surface area contributed by atoms with Crippen molar-refractivity contribution in [3.63, 3.8) is 0 Å². The van der Waals surface area contributed by atoms with Crippen LogP contribution in [0.25, 0.3) is 0 Å². The van der Waals surface area contributed by atoms with Crippen LogP contribution in [-0.4, -0.2) is 50.2 Å². The Kier molecular flexibility index (Phi) is 6.57. The van der Waals surface area contributed by atoms with E-state index in [0.29, 0.717) is 5.56 Å². The monoisotopic (exact) mass is 458 g/mol. The summed E-state index contributed by atoms with van der Waals surface area (Å²) in [5, 5.41) is 15.2. The highest BCUT2D eigenvalue weighted by atomic mass is 32.2. The molecule has 0 aromatic heterocycles. The van der Waals surface area contributed by atoms with Gasteiger partial charge in [-0.25, -0.2) is 8.42 Å². The lowest BCUT2D eigenvalue weighted by atomic mass is 10.1. The number of sulfonamides is 1. The normalized spacial score (nSPS) is 15.8. The molecule has 0 amide bonds. The van der Waals surface area contributed by atoms with Crippen LogP contribution in [0.5, 0.6) is 0 Å². The molecule has 1 saturated heterocycles. The van der Waals surface area contributed by atoms with Gasteiger partial charge in [0, 0.05) is 19.2 Å². The Hall–Kier alpha value is -3.03. The van der Waals surface area contributed by atoms with Crippen LogP contribution in [-0.2, 0) is 20.9 Å². The second-order valence-electron chi connectivity index (χ2n) is 6.44. The van der Waals surface area contributed by atoms with E-state index in [1.54, 1.807) is 0 Å². The van der Waals surface area contributed by atoms with Gasteiger partial charge in [-0.15, -0.1) is 0 Å². The SMILES string of the molecule is O=[N+]([O-])c1cc(S(=O)(=O)N2CCOCC2)ccc1N/N=C/c1ccc(C(F)(F)F)cc1. The van der Waals surface area contributed by atoms with Crippen molar-refractivity contribution < 1.29 is 31.2 Å². The van der Waals surface area contributed by atoms with Crippen LogP contribution < -0.4 is 5.43 Å². The molecule has 1 heterocycles. The number of nitrogens with zero attached hydrogens (tertiary/aromatic N) is 3. The number of hydrogen-bond donors (Lipinski definition) is 1. The second kappa shape index (κ2) is 8.99. The van der Waals surface area contributed by atoms with Gasteiger partial charge in [0.15, 0.2) is 0 Å². The molecule has 0 aliphatic carbocycles. The highest BCUT2D eigenvalue weighted by molar-refractivity contribution is 7.89. The number of morpholine rings is 1. The average molecular weight is 458 g/mol. The number of hydrazone groups is 1. The zero-order chi connectivity index (χ0) is 22.6. The van der Waals surface area contributed by atoms with Crippen LogP contribution >= 0.6 is 0 Å². The molecular weight excluding hydrogens is 441 g/mol. The quantitative estimate of drug-likeness (QED) is 0.404. The Morgan fingerprint density at radius 3 is 2.35 bits per heavy atom. The zero-order valence-corrected chi connectivity index (χ0v) is 16.7. The van der Waals surface area contributed by atoms with Gasteiger partial charge in [-0.2, -0.15) is 22.6 Å². The molecule has 9 nitrogen and oxygen atoms in total. The minimum atomic E-state index is -4.46. The van der Waals surface area contributed by atoms with Gasteiger partial charge in [0.05, 0.1) is 34.8 Å². The third-order valence-electron chi connectivity index (χ3n) is 4.41. The molecule has 2 aromatic rings. The molecule has 0 atom stereocenters. The predicted octanol–water partition coefficient (Wildman–Crippen LogP) is 3.08. The van der Waals surface area contributed by atoms with Gasteiger partial charge < -0.3 is 4.74 Å². The van der Waals surface area contributed by atoms with Crippen molar-refractivity contribution in [3.05, 3.63) is 63.7 Å². The van der Waals surface area contributed by atoms with Gasteiger partial charge in [0.2, 0.25) is 10.0 Å². The lowest BCUT2D eigenvalue weighted by Gasteiger charge is -2.26. The molecule has 13 heteroatoms. The summed E-state index contributed by atoms with van der Waals surface area (Å²) >= 11 is 0. The Labute approximate surface area is 175 Å². The zero-order valence-electron chi connectivity index (χ0n) is 15.9. The summed E-state index contributed by atoms with van der Waals surface area (Å²) in [4.78, 5) is 10.4. The Bertz CT molecular complexity index is 1080. The number of nitro groups is 1. The molecule has 1 N–H and O–H groups in total. The number of hydrogen-bond acceptors (Lipinski definition) is 7. The highest BCUT2D eigenvalue weighted by Crippen LogP contribution is 2.30. The van der Waals surface area contributed by atoms with Gasteiger partial charge in [-0.05, 0) is 29.8 Å². The van der Waals surface area contributed by atoms with Crippen molar-refractivity contribution in [2.75, 3.05) is 31.7 Å². The standard InChI is InChI=1S/C18H17F3N4O5S/c19-18(20,21)14-3-1-13(2-4-14)12-22-23-16-6-5-15(11-17(16)25(26)27)31(28,29)24-7-9-30-10-8-24/h1-6,11-12,23H,7-10H2/b22-12+. The maximum absolute atomic E-state index is 12.7. The molecule has 0 radical (unpaired) electrons. The van der Waals surface area contributed by atoms with Gasteiger partial charge in [-0.3, -0.25) is 15.5 Å². The molecule has 2 aromatic carbocycles. The summed E-state index contributed by atoms with van der Waals surface area (Å²) in [6, 6.07) is 7.51. The van der Waals surface area contributed by atoms with E-state index in [-0.39, 0.29) is 36.9 Å². The fourth-order valence-corrected chi connectivity index (χ4v) is 4.22. The van der Waals surface area contributed by atoms with Gasteiger partial charge >= 0.3 is 6.18 Å². The van der Waals surface area contributed by atoms with Crippen molar-refractivity contribution in [2.24, 2.45) is 5.10 Å². The molecule has 1 fully saturated rings. The van der Waals surface area contributed by atoms with Crippen molar-refractivity contribution >= 4 is 27.6 Å². The van der Waals surface area contributed by atoms with Crippen LogP contribution in [0.15, 0.2) is 52.5 Å². The minimum Gasteiger partial charge on any atom is -0.379 e. The summed E-state index contributed by atoms with van der Waals surface area (Å²) in [5.41, 5.74) is 1.35. The first-order valence-electron chi connectivity index (χ1n) is 8.92. The maximum atomic E-state index is 12.7. The Morgan fingerprint density at radius 2 is 1.77 bits per heavy atom. The smallest absolute Gasteiger partial charge is 0.379 e. The van der Waals surface area contributed by atoms with Crippen molar-refractivity contribution in [2.45, 2.75) is 11.1 Å². The van der Waals surface area contributed by atoms with Crippen LogP contribution in [0, 0.1) is 10.1 Å². The molecule has 0 bridgehead atoms.